The first-order chi connectivity index (χ1) is 17.9. The van der Waals surface area contributed by atoms with Gasteiger partial charge >= 0.3 is 12.6 Å². The number of thiol groups is 1. The third kappa shape index (κ3) is 7.48. The predicted octanol–water partition coefficient (Wildman–Crippen LogP) is 3.89. The summed E-state index contributed by atoms with van der Waals surface area (Å²) in [6.45, 7) is 0.692. The molecule has 0 radical (unpaired) electrons. The van der Waals surface area contributed by atoms with Gasteiger partial charge in [0.2, 0.25) is 0 Å². The Morgan fingerprint density at radius 3 is 2.76 bits per heavy atom. The Bertz CT molecular complexity index is 1040. The Morgan fingerprint density at radius 2 is 2.08 bits per heavy atom. The van der Waals surface area contributed by atoms with Crippen LogP contribution in [0.5, 0.6) is 0 Å². The summed E-state index contributed by atoms with van der Waals surface area (Å²) in [6, 6.07) is 8.95. The maximum atomic E-state index is 12.3. The number of morpholine rings is 1. The molecule has 1 atom stereocenters. The van der Waals surface area contributed by atoms with Gasteiger partial charge in [-0.15, -0.1) is 0 Å². The molecule has 1 aliphatic heterocycles. The number of alkyl halides is 3. The van der Waals surface area contributed by atoms with Crippen molar-refractivity contribution >= 4 is 29.3 Å². The topological polar surface area (TPSA) is 88.6 Å². The quantitative estimate of drug-likeness (QED) is 0.241. The van der Waals surface area contributed by atoms with Gasteiger partial charge in [0.25, 0.3) is 0 Å². The van der Waals surface area contributed by atoms with Gasteiger partial charge in [-0.3, -0.25) is 0 Å². The van der Waals surface area contributed by atoms with E-state index in [0.29, 0.717) is 31.1 Å². The zero-order valence-corrected chi connectivity index (χ0v) is 21.7. The van der Waals surface area contributed by atoms with Gasteiger partial charge in [0.05, 0.1) is 25.9 Å². The third-order valence-corrected chi connectivity index (χ3v) is 8.14. The van der Waals surface area contributed by atoms with E-state index in [1.54, 1.807) is 12.1 Å². The number of urea groups is 1. The molecule has 1 saturated carbocycles. The normalized spacial score (nSPS) is 18.6. The zero-order valence-electron chi connectivity index (χ0n) is 20.8. The van der Waals surface area contributed by atoms with Gasteiger partial charge in [-0.25, -0.2) is 19.2 Å². The smallest absolute Gasteiger partial charge is 0.345 e. The van der Waals surface area contributed by atoms with Crippen molar-refractivity contribution in [3.8, 4) is 11.4 Å². The van der Waals surface area contributed by atoms with Crippen LogP contribution in [0.1, 0.15) is 31.9 Å². The van der Waals surface area contributed by atoms with Crippen LogP contribution >= 0.6 is 0 Å². The molecule has 2 heterocycles. The van der Waals surface area contributed by atoms with Crippen LogP contribution in [0.3, 0.4) is 0 Å². The minimum Gasteiger partial charge on any atom is -0.377 e. The lowest BCUT2D eigenvalue weighted by Gasteiger charge is -2.34. The predicted molar refractivity (Wildman–Crippen MR) is 139 cm³/mol. The lowest BCUT2D eigenvalue weighted by atomic mass is 10.1. The summed E-state index contributed by atoms with van der Waals surface area (Å²) in [6.07, 6.45) is 2.53. The fourth-order valence-corrected chi connectivity index (χ4v) is 5.62. The molecule has 37 heavy (non-hydrogen) atoms. The van der Waals surface area contributed by atoms with Crippen LogP contribution in [0.2, 0.25) is 0 Å². The molecule has 2 amide bonds. The number of nitrogens with one attached hydrogen (secondary N) is 2. The Kier molecular flexibility index (Phi) is 9.49. The highest BCUT2D eigenvalue weighted by Gasteiger charge is 2.54. The maximum absolute atomic E-state index is 12.3. The molecule has 0 spiro atoms. The monoisotopic (exact) mass is 540 g/mol. The van der Waals surface area contributed by atoms with Gasteiger partial charge in [-0.05, 0) is 43.0 Å². The van der Waals surface area contributed by atoms with Crippen LogP contribution in [0.15, 0.2) is 30.3 Å². The maximum Gasteiger partial charge on any atom is 0.345 e. The van der Waals surface area contributed by atoms with Crippen molar-refractivity contribution in [2.24, 2.45) is 0 Å². The molecule has 12 heteroatoms. The Hall–Kier alpha value is -2.57. The summed E-state index contributed by atoms with van der Waals surface area (Å²) >= 11 is 1.15. The van der Waals surface area contributed by atoms with Gasteiger partial charge in [0, 0.05) is 49.7 Å². The molecular formula is C25H33F3N5O3S+. The van der Waals surface area contributed by atoms with Gasteiger partial charge in [-0.1, -0.05) is 0 Å². The molecule has 1 aliphatic carbocycles. The number of carbonyl (C=O) groups excluding carboxylic acids is 1. The number of halogens is 3. The zero-order chi connectivity index (χ0) is 26.3. The SMILES string of the molecule is C[C@H]1COCCN1c1cc(C2([SH+]CCCOC(F)F)CC2)nc(-c2ccc(NC(=O)NCCF)cc2)n1. The van der Waals surface area contributed by atoms with E-state index in [1.165, 1.54) is 0 Å². The van der Waals surface area contributed by atoms with Crippen LogP contribution < -0.4 is 15.5 Å². The number of anilines is 2. The molecule has 0 unspecified atom stereocenters. The Labute approximate surface area is 218 Å². The van der Waals surface area contributed by atoms with Crippen LogP contribution in [-0.2, 0) is 26.0 Å². The van der Waals surface area contributed by atoms with E-state index < -0.39 is 19.3 Å². The molecule has 2 fully saturated rings. The summed E-state index contributed by atoms with van der Waals surface area (Å²) in [5.74, 6) is 2.17. The van der Waals surface area contributed by atoms with E-state index in [9.17, 15) is 18.0 Å². The summed E-state index contributed by atoms with van der Waals surface area (Å²) < 4.78 is 46.7. The fraction of sp³-hybridized carbons (Fsp3) is 0.560. The molecule has 1 saturated heterocycles. The summed E-state index contributed by atoms with van der Waals surface area (Å²) in [4.78, 5) is 23.9. The van der Waals surface area contributed by atoms with Crippen molar-refractivity contribution in [2.45, 2.75) is 43.6 Å². The summed E-state index contributed by atoms with van der Waals surface area (Å²) in [7, 11) is 0. The van der Waals surface area contributed by atoms with Gasteiger partial charge in [-0.2, -0.15) is 8.78 Å². The number of benzene rings is 1. The second kappa shape index (κ2) is 12.8. The molecule has 0 bridgehead atoms. The average molecular weight is 541 g/mol. The minimum absolute atomic E-state index is 0.0402. The number of hydrogen-bond acceptors (Lipinski definition) is 6. The Balaban J connectivity index is 1.55. The first-order valence-electron chi connectivity index (χ1n) is 12.4. The highest BCUT2D eigenvalue weighted by Crippen LogP contribution is 2.50. The number of ether oxygens (including phenoxy) is 2. The van der Waals surface area contributed by atoms with Crippen LogP contribution in [-0.4, -0.2) is 74.0 Å². The molecule has 2 N–H and O–H groups in total. The van der Waals surface area contributed by atoms with E-state index >= 15 is 0 Å². The molecule has 2 aromatic rings. The third-order valence-electron chi connectivity index (χ3n) is 6.32. The number of aromatic nitrogens is 2. The molecule has 202 valence electrons. The summed E-state index contributed by atoms with van der Waals surface area (Å²) in [5, 5.41) is 5.10. The van der Waals surface area contributed by atoms with Crippen molar-refractivity contribution in [3.63, 3.8) is 0 Å². The van der Waals surface area contributed by atoms with Crippen molar-refractivity contribution in [3.05, 3.63) is 36.0 Å². The van der Waals surface area contributed by atoms with Crippen LogP contribution in [0, 0.1) is 0 Å². The van der Waals surface area contributed by atoms with E-state index in [2.05, 4.69) is 33.3 Å². The average Bonchev–Trinajstić information content (AvgIpc) is 3.68. The highest BCUT2D eigenvalue weighted by atomic mass is 32.2. The Morgan fingerprint density at radius 1 is 1.30 bits per heavy atom. The largest absolute Gasteiger partial charge is 0.377 e. The molecule has 8 nitrogen and oxygen atoms in total. The van der Waals surface area contributed by atoms with E-state index in [4.69, 9.17) is 14.7 Å². The first kappa shape index (κ1) is 27.5. The standard InChI is InChI=1S/C25H32F3N5O3S/c1-17-16-35-13-11-33(17)21-15-20(25(7-8-25)37-14-2-12-36-23(27)28)31-22(32-21)18-3-5-19(6-4-18)30-24(34)29-10-9-26/h3-6,15,17,23H,2,7-14,16H2,1H3,(H2,29,30,34)/p+1/t17-/m0/s1. The van der Waals surface area contributed by atoms with Crippen molar-refractivity contribution in [1.82, 2.24) is 15.3 Å². The second-order valence-electron chi connectivity index (χ2n) is 9.10. The lowest BCUT2D eigenvalue weighted by Crippen LogP contribution is -2.44. The number of hydrogen-bond donors (Lipinski definition) is 2. The van der Waals surface area contributed by atoms with Gasteiger partial charge in [0.1, 0.15) is 23.9 Å². The highest BCUT2D eigenvalue weighted by molar-refractivity contribution is 7.79. The minimum atomic E-state index is -2.74. The van der Waals surface area contributed by atoms with Crippen LogP contribution in [0.25, 0.3) is 11.4 Å². The molecule has 4 rings (SSSR count). The molecule has 2 aliphatic rings. The summed E-state index contributed by atoms with van der Waals surface area (Å²) in [5.41, 5.74) is 2.33. The number of carbonyl (C=O) groups is 1. The fourth-order valence-electron chi connectivity index (χ4n) is 4.20. The van der Waals surface area contributed by atoms with Crippen molar-refractivity contribution < 1.29 is 27.4 Å². The van der Waals surface area contributed by atoms with Gasteiger partial charge < -0.3 is 25.0 Å². The number of amides is 2. The van der Waals surface area contributed by atoms with E-state index in [0.717, 1.165) is 54.0 Å². The van der Waals surface area contributed by atoms with Crippen LogP contribution in [0.4, 0.5) is 29.5 Å². The number of rotatable bonds is 12. The molecule has 1 aromatic carbocycles. The van der Waals surface area contributed by atoms with E-state index in [1.807, 2.05) is 12.1 Å². The van der Waals surface area contributed by atoms with Gasteiger partial charge in [0.15, 0.2) is 10.6 Å². The molecule has 1 aromatic heterocycles. The number of nitrogens with zero attached hydrogens (tertiary/aromatic N) is 3. The van der Waals surface area contributed by atoms with E-state index in [-0.39, 0.29) is 23.9 Å². The van der Waals surface area contributed by atoms with Crippen molar-refractivity contribution in [2.75, 3.05) is 55.6 Å². The van der Waals surface area contributed by atoms with Crippen molar-refractivity contribution in [1.29, 1.82) is 0 Å². The second-order valence-corrected chi connectivity index (χ2v) is 10.7. The lowest BCUT2D eigenvalue weighted by molar-refractivity contribution is -0.128. The first-order valence-corrected chi connectivity index (χ1v) is 13.5. The molecular weight excluding hydrogens is 507 g/mol.